The Kier molecular flexibility index (Phi) is 4.51. The highest BCUT2D eigenvalue weighted by molar-refractivity contribution is 6.33. The molecule has 2 aromatic heterocycles. The largest absolute Gasteiger partial charge is 0.364 e. The van der Waals surface area contributed by atoms with Gasteiger partial charge in [-0.3, -0.25) is 15.1 Å². The third-order valence-corrected chi connectivity index (χ3v) is 5.29. The summed E-state index contributed by atoms with van der Waals surface area (Å²) < 4.78 is 2.11. The van der Waals surface area contributed by atoms with Crippen molar-refractivity contribution in [2.75, 3.05) is 6.54 Å². The zero-order valence-corrected chi connectivity index (χ0v) is 15.5. The van der Waals surface area contributed by atoms with Gasteiger partial charge in [0.05, 0.1) is 35.4 Å². The number of hydrogen-bond donors (Lipinski definition) is 1. The van der Waals surface area contributed by atoms with E-state index < -0.39 is 0 Å². The lowest BCUT2D eigenvalue weighted by atomic mass is 10.1. The Bertz CT molecular complexity index is 911. The zero-order valence-electron chi connectivity index (χ0n) is 14.7. The summed E-state index contributed by atoms with van der Waals surface area (Å²) in [6.07, 6.45) is 7.42. The van der Waals surface area contributed by atoms with Crippen LogP contribution in [0.3, 0.4) is 0 Å². The van der Waals surface area contributed by atoms with Gasteiger partial charge in [0.1, 0.15) is 0 Å². The van der Waals surface area contributed by atoms with Crippen molar-refractivity contribution in [1.82, 2.24) is 25.1 Å². The SMILES string of the molecule is C=C1NN=CC(N2CCc3c(cnn3Cc3cccnc3CC)C2)=C1Cl. The minimum Gasteiger partial charge on any atom is -0.364 e. The third kappa shape index (κ3) is 3.01. The molecule has 0 aromatic carbocycles. The highest BCUT2D eigenvalue weighted by atomic mass is 35.5. The first-order chi connectivity index (χ1) is 12.7. The molecular formula is C19H21ClN6. The number of pyridine rings is 1. The Hall–Kier alpha value is -2.60. The molecule has 0 fully saturated rings. The van der Waals surface area contributed by atoms with Gasteiger partial charge in [0.25, 0.3) is 0 Å². The summed E-state index contributed by atoms with van der Waals surface area (Å²) in [7, 11) is 0. The van der Waals surface area contributed by atoms with Gasteiger partial charge in [-0.25, -0.2) is 0 Å². The van der Waals surface area contributed by atoms with Gasteiger partial charge >= 0.3 is 0 Å². The Labute approximate surface area is 157 Å². The fourth-order valence-corrected chi connectivity index (χ4v) is 3.70. The van der Waals surface area contributed by atoms with E-state index >= 15 is 0 Å². The van der Waals surface area contributed by atoms with Crippen molar-refractivity contribution in [2.45, 2.75) is 32.9 Å². The van der Waals surface area contributed by atoms with E-state index in [0.29, 0.717) is 10.7 Å². The van der Waals surface area contributed by atoms with Crippen molar-refractivity contribution in [3.8, 4) is 0 Å². The molecule has 0 saturated heterocycles. The molecule has 2 aliphatic rings. The van der Waals surface area contributed by atoms with Crippen LogP contribution in [0.2, 0.25) is 0 Å². The molecule has 0 aliphatic carbocycles. The van der Waals surface area contributed by atoms with Gasteiger partial charge in [-0.1, -0.05) is 31.2 Å². The van der Waals surface area contributed by atoms with Crippen LogP contribution in [0.4, 0.5) is 0 Å². The molecule has 0 saturated carbocycles. The van der Waals surface area contributed by atoms with Crippen molar-refractivity contribution in [3.63, 3.8) is 0 Å². The number of aryl methyl sites for hydroxylation is 1. The molecule has 4 rings (SSSR count). The average molecular weight is 369 g/mol. The van der Waals surface area contributed by atoms with E-state index in [1.54, 1.807) is 6.21 Å². The molecule has 134 valence electrons. The molecule has 0 amide bonds. The minimum atomic E-state index is 0.624. The summed E-state index contributed by atoms with van der Waals surface area (Å²) in [6.45, 7) is 8.43. The first-order valence-electron chi connectivity index (χ1n) is 8.76. The first kappa shape index (κ1) is 16.8. The van der Waals surface area contributed by atoms with E-state index in [1.807, 2.05) is 18.5 Å². The number of rotatable bonds is 4. The molecular weight excluding hydrogens is 348 g/mol. The maximum Gasteiger partial charge on any atom is 0.0900 e. The van der Waals surface area contributed by atoms with E-state index in [2.05, 4.69) is 49.8 Å². The number of nitrogens with zero attached hydrogens (tertiary/aromatic N) is 5. The lowest BCUT2D eigenvalue weighted by Gasteiger charge is -2.31. The van der Waals surface area contributed by atoms with Gasteiger partial charge < -0.3 is 4.90 Å². The van der Waals surface area contributed by atoms with Gasteiger partial charge in [0.2, 0.25) is 0 Å². The Balaban J connectivity index is 1.57. The predicted octanol–water partition coefficient (Wildman–Crippen LogP) is 2.80. The number of hydrazone groups is 1. The van der Waals surface area contributed by atoms with Gasteiger partial charge in [0.15, 0.2) is 0 Å². The number of halogens is 1. The predicted molar refractivity (Wildman–Crippen MR) is 103 cm³/mol. The highest BCUT2D eigenvalue weighted by Gasteiger charge is 2.25. The van der Waals surface area contributed by atoms with Crippen LogP contribution in [0.1, 0.15) is 29.4 Å². The molecule has 26 heavy (non-hydrogen) atoms. The second kappa shape index (κ2) is 6.96. The van der Waals surface area contributed by atoms with Gasteiger partial charge in [-0.15, -0.1) is 0 Å². The number of hydrogen-bond acceptors (Lipinski definition) is 5. The number of nitrogens with one attached hydrogen (secondary N) is 1. The van der Waals surface area contributed by atoms with E-state index in [4.69, 9.17) is 11.6 Å². The molecule has 6 nitrogen and oxygen atoms in total. The third-order valence-electron chi connectivity index (χ3n) is 4.87. The van der Waals surface area contributed by atoms with Gasteiger partial charge in [-0.05, 0) is 18.1 Å². The second-order valence-corrected chi connectivity index (χ2v) is 6.83. The topological polar surface area (TPSA) is 58.3 Å². The maximum absolute atomic E-state index is 6.40. The number of fused-ring (bicyclic) bond motifs is 1. The second-order valence-electron chi connectivity index (χ2n) is 6.46. The Morgan fingerprint density at radius 2 is 2.27 bits per heavy atom. The van der Waals surface area contributed by atoms with Gasteiger partial charge in [0, 0.05) is 42.7 Å². The Morgan fingerprint density at radius 1 is 1.38 bits per heavy atom. The number of aromatic nitrogens is 3. The van der Waals surface area contributed by atoms with Crippen LogP contribution in [-0.2, 0) is 25.9 Å². The van der Waals surface area contributed by atoms with Gasteiger partial charge in [-0.2, -0.15) is 10.2 Å². The first-order valence-corrected chi connectivity index (χ1v) is 9.14. The lowest BCUT2D eigenvalue weighted by Crippen LogP contribution is -2.33. The van der Waals surface area contributed by atoms with Crippen LogP contribution < -0.4 is 5.43 Å². The standard InChI is InChI=1S/C19H21ClN6/c1-3-16-14(5-4-7-21-16)12-26-17-6-8-25(11-15(17)9-23-26)18-10-22-24-13(2)19(18)20/h4-5,7,9-10,24H,2-3,6,8,11-12H2,1H3. The maximum atomic E-state index is 6.40. The minimum absolute atomic E-state index is 0.624. The number of allylic oxidation sites excluding steroid dienone is 2. The van der Waals surface area contributed by atoms with E-state index in [-0.39, 0.29) is 0 Å². The molecule has 0 atom stereocenters. The molecule has 1 N–H and O–H groups in total. The van der Waals surface area contributed by atoms with Crippen LogP contribution >= 0.6 is 11.6 Å². The van der Waals surface area contributed by atoms with Crippen molar-refractivity contribution in [1.29, 1.82) is 0 Å². The summed E-state index contributed by atoms with van der Waals surface area (Å²) in [5, 5.41) is 9.37. The van der Waals surface area contributed by atoms with E-state index in [1.165, 1.54) is 16.8 Å². The fourth-order valence-electron chi connectivity index (χ4n) is 3.49. The van der Waals surface area contributed by atoms with Crippen LogP contribution in [0.5, 0.6) is 0 Å². The Morgan fingerprint density at radius 3 is 3.12 bits per heavy atom. The van der Waals surface area contributed by atoms with Crippen LogP contribution in [0, 0.1) is 0 Å². The summed E-state index contributed by atoms with van der Waals surface area (Å²) in [6, 6.07) is 4.13. The van der Waals surface area contributed by atoms with Crippen molar-refractivity contribution in [2.24, 2.45) is 5.10 Å². The molecule has 0 radical (unpaired) electrons. The van der Waals surface area contributed by atoms with Crippen LogP contribution in [0.25, 0.3) is 0 Å². The zero-order chi connectivity index (χ0) is 18.1. The summed E-state index contributed by atoms with van der Waals surface area (Å²) in [4.78, 5) is 6.71. The van der Waals surface area contributed by atoms with Crippen LogP contribution in [0.15, 0.2) is 52.6 Å². The van der Waals surface area contributed by atoms with E-state index in [9.17, 15) is 0 Å². The van der Waals surface area contributed by atoms with Crippen molar-refractivity contribution < 1.29 is 0 Å². The molecule has 7 heteroatoms. The average Bonchev–Trinajstić information content (AvgIpc) is 3.06. The highest BCUT2D eigenvalue weighted by Crippen LogP contribution is 2.27. The molecule has 0 bridgehead atoms. The smallest absolute Gasteiger partial charge is 0.0900 e. The molecule has 4 heterocycles. The van der Waals surface area contributed by atoms with E-state index in [0.717, 1.165) is 43.9 Å². The summed E-state index contributed by atoms with van der Waals surface area (Å²) in [5.41, 5.74) is 9.23. The monoisotopic (exact) mass is 368 g/mol. The van der Waals surface area contributed by atoms with Crippen molar-refractivity contribution >= 4 is 17.8 Å². The normalized spacial score (nSPS) is 16.7. The molecule has 2 aliphatic heterocycles. The summed E-state index contributed by atoms with van der Waals surface area (Å²) >= 11 is 6.40. The molecule has 0 unspecified atom stereocenters. The molecule has 2 aromatic rings. The lowest BCUT2D eigenvalue weighted by molar-refractivity contribution is 0.331. The van der Waals surface area contributed by atoms with Crippen LogP contribution in [-0.4, -0.2) is 32.4 Å². The summed E-state index contributed by atoms with van der Waals surface area (Å²) in [5.74, 6) is 0. The quantitative estimate of drug-likeness (QED) is 0.901. The fraction of sp³-hybridized carbons (Fsp3) is 0.316. The van der Waals surface area contributed by atoms with Crippen molar-refractivity contribution in [3.05, 3.63) is 70.0 Å². The molecule has 0 spiro atoms.